The van der Waals surface area contributed by atoms with E-state index in [1.54, 1.807) is 6.07 Å². The fourth-order valence-electron chi connectivity index (χ4n) is 3.18. The molecule has 3 nitrogen and oxygen atoms in total. The van der Waals surface area contributed by atoms with Gasteiger partial charge in [0.25, 0.3) is 0 Å². The number of likely N-dealkylation sites (tertiary alicyclic amines) is 1. The summed E-state index contributed by atoms with van der Waals surface area (Å²) in [6.45, 7) is 3.63. The largest absolute Gasteiger partial charge is 0.329 e. The van der Waals surface area contributed by atoms with Gasteiger partial charge in [0.1, 0.15) is 5.82 Å². The molecule has 112 valence electrons. The Morgan fingerprint density at radius 3 is 2.50 bits per heavy atom. The van der Waals surface area contributed by atoms with Crippen molar-refractivity contribution in [1.29, 1.82) is 0 Å². The van der Waals surface area contributed by atoms with Crippen LogP contribution in [-0.2, 0) is 0 Å². The lowest BCUT2D eigenvalue weighted by atomic mass is 9.93. The molecule has 0 amide bonds. The quantitative estimate of drug-likeness (QED) is 0.896. The van der Waals surface area contributed by atoms with Crippen LogP contribution < -0.4 is 5.73 Å². The van der Waals surface area contributed by atoms with Crippen molar-refractivity contribution in [3.63, 3.8) is 0 Å². The van der Waals surface area contributed by atoms with Crippen LogP contribution in [-0.4, -0.2) is 50.1 Å². The van der Waals surface area contributed by atoms with Crippen LogP contribution in [0.15, 0.2) is 24.3 Å². The molecule has 1 atom stereocenters. The highest BCUT2D eigenvalue weighted by Crippen LogP contribution is 2.27. The first-order valence-electron chi connectivity index (χ1n) is 7.45. The monoisotopic (exact) mass is 279 g/mol. The van der Waals surface area contributed by atoms with Gasteiger partial charge in [-0.3, -0.25) is 4.90 Å². The first-order chi connectivity index (χ1) is 9.61. The van der Waals surface area contributed by atoms with Gasteiger partial charge in [0.2, 0.25) is 0 Å². The van der Waals surface area contributed by atoms with E-state index in [1.165, 1.54) is 18.9 Å². The Morgan fingerprint density at radius 2 is 1.95 bits per heavy atom. The first kappa shape index (κ1) is 15.4. The molecule has 1 saturated heterocycles. The minimum absolute atomic E-state index is 0.0107. The summed E-state index contributed by atoms with van der Waals surface area (Å²) in [4.78, 5) is 4.59. The summed E-state index contributed by atoms with van der Waals surface area (Å²) in [6.07, 6.45) is 2.34. The van der Waals surface area contributed by atoms with E-state index in [2.05, 4.69) is 23.9 Å². The van der Waals surface area contributed by atoms with Crippen molar-refractivity contribution in [3.8, 4) is 0 Å². The summed E-state index contributed by atoms with van der Waals surface area (Å²) < 4.78 is 13.9. The molecule has 2 N–H and O–H groups in total. The van der Waals surface area contributed by atoms with Gasteiger partial charge in [-0.1, -0.05) is 18.2 Å². The number of nitrogens with two attached hydrogens (primary N) is 1. The topological polar surface area (TPSA) is 32.5 Å². The third-order valence-corrected chi connectivity index (χ3v) is 4.20. The number of rotatable bonds is 5. The van der Waals surface area contributed by atoms with Crippen molar-refractivity contribution in [2.24, 2.45) is 11.7 Å². The molecule has 0 radical (unpaired) electrons. The molecule has 0 aromatic heterocycles. The minimum Gasteiger partial charge on any atom is -0.329 e. The number of nitrogens with zero attached hydrogens (tertiary/aromatic N) is 2. The van der Waals surface area contributed by atoms with Gasteiger partial charge >= 0.3 is 0 Å². The highest BCUT2D eigenvalue weighted by atomic mass is 19.1. The summed E-state index contributed by atoms with van der Waals surface area (Å²) in [5.41, 5.74) is 6.64. The third-order valence-electron chi connectivity index (χ3n) is 4.20. The van der Waals surface area contributed by atoms with Gasteiger partial charge in [0, 0.05) is 24.7 Å². The van der Waals surface area contributed by atoms with Gasteiger partial charge in [-0.05, 0) is 52.0 Å². The van der Waals surface area contributed by atoms with Crippen LogP contribution in [0.1, 0.15) is 24.4 Å². The number of hydrogen-bond donors (Lipinski definition) is 1. The molecule has 1 aromatic rings. The van der Waals surface area contributed by atoms with Crippen molar-refractivity contribution in [3.05, 3.63) is 35.6 Å². The summed E-state index contributed by atoms with van der Waals surface area (Å²) in [5, 5.41) is 0. The molecule has 1 aliphatic heterocycles. The minimum atomic E-state index is -0.140. The Kier molecular flexibility index (Phi) is 5.52. The number of hydrogen-bond acceptors (Lipinski definition) is 3. The molecule has 2 rings (SSSR count). The van der Waals surface area contributed by atoms with Gasteiger partial charge in [0.05, 0.1) is 0 Å². The maximum atomic E-state index is 13.9. The smallest absolute Gasteiger partial charge is 0.128 e. The van der Waals surface area contributed by atoms with Crippen LogP contribution in [0.25, 0.3) is 0 Å². The van der Waals surface area contributed by atoms with Gasteiger partial charge in [-0.15, -0.1) is 0 Å². The predicted molar refractivity (Wildman–Crippen MR) is 81.0 cm³/mol. The lowest BCUT2D eigenvalue weighted by Crippen LogP contribution is -2.41. The molecule has 0 spiro atoms. The molecule has 1 unspecified atom stereocenters. The van der Waals surface area contributed by atoms with Crippen molar-refractivity contribution in [1.82, 2.24) is 9.80 Å². The van der Waals surface area contributed by atoms with E-state index in [-0.39, 0.29) is 11.9 Å². The van der Waals surface area contributed by atoms with Crippen LogP contribution in [0, 0.1) is 11.7 Å². The molecular formula is C16H26FN3. The van der Waals surface area contributed by atoms with Crippen molar-refractivity contribution in [2.45, 2.75) is 18.9 Å². The van der Waals surface area contributed by atoms with Gasteiger partial charge in [-0.25, -0.2) is 4.39 Å². The van der Waals surface area contributed by atoms with E-state index in [9.17, 15) is 4.39 Å². The van der Waals surface area contributed by atoms with E-state index < -0.39 is 0 Å². The molecule has 20 heavy (non-hydrogen) atoms. The Hall–Kier alpha value is -0.970. The Labute approximate surface area is 121 Å². The maximum Gasteiger partial charge on any atom is 0.128 e. The standard InChI is InChI=1S/C16H26FN3/c1-19(2)12-13-7-9-20(10-8-13)16(11-18)14-5-3-4-6-15(14)17/h3-6,13,16H,7-12,18H2,1-2H3. The average molecular weight is 279 g/mol. The molecular weight excluding hydrogens is 253 g/mol. The zero-order valence-corrected chi connectivity index (χ0v) is 12.6. The van der Waals surface area contributed by atoms with Crippen LogP contribution in [0.4, 0.5) is 4.39 Å². The van der Waals surface area contributed by atoms with Crippen LogP contribution in [0.2, 0.25) is 0 Å². The molecule has 1 aromatic carbocycles. The van der Waals surface area contributed by atoms with Crippen LogP contribution in [0.5, 0.6) is 0 Å². The number of piperidine rings is 1. The van der Waals surface area contributed by atoms with Crippen molar-refractivity contribution < 1.29 is 4.39 Å². The molecule has 1 fully saturated rings. The highest BCUT2D eigenvalue weighted by molar-refractivity contribution is 5.21. The summed E-state index contributed by atoms with van der Waals surface area (Å²) in [6, 6.07) is 7.02. The van der Waals surface area contributed by atoms with Crippen molar-refractivity contribution >= 4 is 0 Å². The van der Waals surface area contributed by atoms with E-state index in [0.29, 0.717) is 6.54 Å². The Morgan fingerprint density at radius 1 is 1.30 bits per heavy atom. The molecule has 0 saturated carbocycles. The maximum absolute atomic E-state index is 13.9. The van der Waals surface area contributed by atoms with Gasteiger partial charge in [0.15, 0.2) is 0 Å². The highest BCUT2D eigenvalue weighted by Gasteiger charge is 2.26. The van der Waals surface area contributed by atoms with E-state index in [1.807, 2.05) is 12.1 Å². The van der Waals surface area contributed by atoms with Crippen LogP contribution >= 0.6 is 0 Å². The summed E-state index contributed by atoms with van der Waals surface area (Å²) >= 11 is 0. The summed E-state index contributed by atoms with van der Waals surface area (Å²) in [7, 11) is 4.24. The fourth-order valence-corrected chi connectivity index (χ4v) is 3.18. The number of halogens is 1. The lowest BCUT2D eigenvalue weighted by Gasteiger charge is -2.38. The Balaban J connectivity index is 1.99. The second kappa shape index (κ2) is 7.16. The second-order valence-corrected chi connectivity index (χ2v) is 6.01. The molecule has 4 heteroatoms. The number of benzene rings is 1. The first-order valence-corrected chi connectivity index (χ1v) is 7.45. The van der Waals surface area contributed by atoms with Crippen molar-refractivity contribution in [2.75, 3.05) is 40.3 Å². The van der Waals surface area contributed by atoms with Gasteiger partial charge in [-0.2, -0.15) is 0 Å². The van der Waals surface area contributed by atoms with E-state index in [0.717, 1.165) is 31.1 Å². The molecule has 1 heterocycles. The molecule has 1 aliphatic rings. The van der Waals surface area contributed by atoms with E-state index in [4.69, 9.17) is 5.73 Å². The SMILES string of the molecule is CN(C)CC1CCN(C(CN)c2ccccc2F)CC1. The lowest BCUT2D eigenvalue weighted by molar-refractivity contribution is 0.121. The normalized spacial score (nSPS) is 19.4. The second-order valence-electron chi connectivity index (χ2n) is 6.01. The van der Waals surface area contributed by atoms with E-state index >= 15 is 0 Å². The zero-order valence-electron chi connectivity index (χ0n) is 12.6. The van der Waals surface area contributed by atoms with Crippen LogP contribution in [0.3, 0.4) is 0 Å². The summed E-state index contributed by atoms with van der Waals surface area (Å²) in [5.74, 6) is 0.610. The molecule has 0 aliphatic carbocycles. The predicted octanol–water partition coefficient (Wildman–Crippen LogP) is 2.10. The Bertz CT molecular complexity index is 414. The van der Waals surface area contributed by atoms with Gasteiger partial charge < -0.3 is 10.6 Å². The zero-order chi connectivity index (χ0) is 14.5. The average Bonchev–Trinajstić information content (AvgIpc) is 2.43. The fraction of sp³-hybridized carbons (Fsp3) is 0.625. The molecule has 0 bridgehead atoms. The third kappa shape index (κ3) is 3.78.